The molecule has 0 bridgehead atoms. The lowest BCUT2D eigenvalue weighted by Gasteiger charge is -2.17. The summed E-state index contributed by atoms with van der Waals surface area (Å²) >= 11 is 0. The number of rotatable bonds is 9. The van der Waals surface area contributed by atoms with Crippen molar-refractivity contribution in [3.63, 3.8) is 0 Å². The summed E-state index contributed by atoms with van der Waals surface area (Å²) < 4.78 is 0. The largest absolute Gasteiger partial charge is 0.248 e. The molecule has 60 heavy (non-hydrogen) atoms. The summed E-state index contributed by atoms with van der Waals surface area (Å²) in [5.74, 6) is 1.86. The molecule has 0 amide bonds. The van der Waals surface area contributed by atoms with Crippen molar-refractivity contribution in [3.8, 4) is 78.9 Å². The van der Waals surface area contributed by atoms with Gasteiger partial charge in [0.05, 0.1) is 27.5 Å². The maximum atomic E-state index is 5.19. The van der Waals surface area contributed by atoms with Crippen molar-refractivity contribution in [3.05, 3.63) is 182 Å². The average Bonchev–Trinajstić information content (AvgIpc) is 3.28. The van der Waals surface area contributed by atoms with Gasteiger partial charge in [-0.05, 0) is 69.4 Å². The van der Waals surface area contributed by atoms with Crippen LogP contribution in [0.5, 0.6) is 0 Å². The minimum Gasteiger partial charge on any atom is -0.248 e. The average molecular weight is 809 g/mol. The summed E-state index contributed by atoms with van der Waals surface area (Å²) in [6.45, 7) is 14.3. The summed E-state index contributed by atoms with van der Waals surface area (Å²) in [6.07, 6.45) is 0. The topological polar surface area (TPSA) is 51.6 Å². The summed E-state index contributed by atoms with van der Waals surface area (Å²) in [6, 6.07) is 64.8. The van der Waals surface area contributed by atoms with Gasteiger partial charge in [-0.15, -0.1) is 0 Å². The molecule has 0 fully saturated rings. The van der Waals surface area contributed by atoms with Crippen LogP contribution in [0.1, 0.15) is 0 Å². The number of fused-ring (bicyclic) bond motifs is 1. The van der Waals surface area contributed by atoms with Gasteiger partial charge in [0.2, 0.25) is 0 Å². The summed E-state index contributed by atoms with van der Waals surface area (Å²) in [4.78, 5) is 20.7. The Labute approximate surface area is 355 Å². The highest BCUT2D eigenvalue weighted by Crippen LogP contribution is 2.32. The molecule has 7 aromatic carbocycles. The van der Waals surface area contributed by atoms with E-state index in [9.17, 15) is 0 Å². The van der Waals surface area contributed by atoms with Gasteiger partial charge >= 0.3 is 0 Å². The van der Waals surface area contributed by atoms with Crippen molar-refractivity contribution in [2.24, 2.45) is 0 Å². The molecule has 9 rings (SSSR count). The molecular weight excluding hydrogens is 761 g/mol. The van der Waals surface area contributed by atoms with E-state index in [1.165, 1.54) is 32.3 Å². The highest BCUT2D eigenvalue weighted by molar-refractivity contribution is 6.89. The maximum absolute atomic E-state index is 5.19. The summed E-state index contributed by atoms with van der Waals surface area (Å²) in [5.41, 5.74) is 11.3. The molecule has 9 aromatic rings. The van der Waals surface area contributed by atoms with Crippen LogP contribution < -0.4 is 10.4 Å². The lowest BCUT2D eigenvalue weighted by Crippen LogP contribution is -2.37. The van der Waals surface area contributed by atoms with E-state index < -0.39 is 16.1 Å². The zero-order valence-corrected chi connectivity index (χ0v) is 37.1. The second kappa shape index (κ2) is 15.9. The van der Waals surface area contributed by atoms with E-state index in [0.717, 1.165) is 50.3 Å². The van der Waals surface area contributed by atoms with E-state index in [2.05, 4.69) is 221 Å². The van der Waals surface area contributed by atoms with Gasteiger partial charge in [-0.2, -0.15) is 0 Å². The molecule has 0 saturated carbocycles. The molecule has 0 aliphatic heterocycles. The van der Waals surface area contributed by atoms with Gasteiger partial charge in [-0.1, -0.05) is 195 Å². The number of hydrogen-bond acceptors (Lipinski definition) is 4. The Morgan fingerprint density at radius 1 is 0.267 bits per heavy atom. The Hall–Kier alpha value is -6.61. The monoisotopic (exact) mass is 808 g/mol. The van der Waals surface area contributed by atoms with Crippen molar-refractivity contribution >= 4 is 37.3 Å². The Kier molecular flexibility index (Phi) is 10.3. The van der Waals surface area contributed by atoms with Crippen LogP contribution in [0.25, 0.3) is 89.7 Å². The van der Waals surface area contributed by atoms with E-state index in [1.54, 1.807) is 0 Å². The Morgan fingerprint density at radius 2 is 0.633 bits per heavy atom. The smallest absolute Gasteiger partial charge is 0.164 e. The number of nitrogens with zero attached hydrogens (tertiary/aromatic N) is 4. The van der Waals surface area contributed by atoms with Crippen LogP contribution in [0.15, 0.2) is 182 Å². The molecule has 0 saturated heterocycles. The molecule has 0 atom stereocenters. The molecule has 0 radical (unpaired) electrons. The second-order valence-corrected chi connectivity index (χ2v) is 27.8. The van der Waals surface area contributed by atoms with Crippen LogP contribution in [0, 0.1) is 0 Å². The molecule has 4 nitrogen and oxygen atoms in total. The number of pyridine rings is 1. The molecule has 0 aliphatic rings. The molecule has 2 aromatic heterocycles. The molecule has 0 N–H and O–H groups in total. The van der Waals surface area contributed by atoms with Crippen molar-refractivity contribution in [1.82, 2.24) is 19.9 Å². The Morgan fingerprint density at radius 3 is 1.10 bits per heavy atom. The first-order chi connectivity index (χ1) is 28.9. The van der Waals surface area contributed by atoms with Gasteiger partial charge in [-0.25, -0.2) is 19.9 Å². The van der Waals surface area contributed by atoms with Crippen molar-refractivity contribution in [1.29, 1.82) is 0 Å². The van der Waals surface area contributed by atoms with Crippen molar-refractivity contribution in [2.45, 2.75) is 39.3 Å². The lowest BCUT2D eigenvalue weighted by molar-refractivity contribution is 1.07. The zero-order chi connectivity index (χ0) is 41.4. The fourth-order valence-corrected chi connectivity index (χ4v) is 10.0. The van der Waals surface area contributed by atoms with E-state index in [-0.39, 0.29) is 0 Å². The number of hydrogen-bond donors (Lipinski definition) is 0. The molecule has 2 heterocycles. The van der Waals surface area contributed by atoms with E-state index in [4.69, 9.17) is 19.9 Å². The van der Waals surface area contributed by atoms with E-state index in [1.807, 2.05) is 0 Å². The third kappa shape index (κ3) is 8.30. The Balaban J connectivity index is 1.13. The molecule has 292 valence electrons. The summed E-state index contributed by atoms with van der Waals surface area (Å²) in [5, 5.41) is 5.30. The van der Waals surface area contributed by atoms with Crippen molar-refractivity contribution in [2.75, 3.05) is 0 Å². The normalized spacial score (nSPS) is 11.8. The van der Waals surface area contributed by atoms with Gasteiger partial charge in [0.15, 0.2) is 17.5 Å². The first kappa shape index (κ1) is 38.9. The van der Waals surface area contributed by atoms with Crippen LogP contribution in [-0.2, 0) is 0 Å². The van der Waals surface area contributed by atoms with E-state index in [0.29, 0.717) is 17.5 Å². The molecule has 0 unspecified atom stereocenters. The summed E-state index contributed by atoms with van der Waals surface area (Å²) in [7, 11) is -2.83. The number of benzene rings is 7. The first-order valence-corrected chi connectivity index (χ1v) is 27.7. The minimum atomic E-state index is -1.42. The minimum absolute atomic E-state index is 0.609. The van der Waals surface area contributed by atoms with Gasteiger partial charge in [0, 0.05) is 27.8 Å². The first-order valence-electron chi connectivity index (χ1n) is 20.7. The predicted octanol–water partition coefficient (Wildman–Crippen LogP) is 13.2. The standard InChI is InChI=1S/C54H48N4Si2/c1-59(2,3)48-29-25-38(26-30-48)41-15-9-18-45(34-41)52-56-53(46-19-10-16-42(35-46)39-27-31-49(32-28-39)60(4,5)6)58-54(57-52)47-20-11-17-43(36-47)50-21-12-22-51(55-50)44-24-23-37-13-7-8-14-40(37)33-44/h7-36H,1-6H3. The van der Waals surface area contributed by atoms with Crippen LogP contribution in [-0.4, -0.2) is 36.1 Å². The third-order valence-corrected chi connectivity index (χ3v) is 15.4. The van der Waals surface area contributed by atoms with Gasteiger partial charge in [0.25, 0.3) is 0 Å². The molecule has 6 heteroatoms. The zero-order valence-electron chi connectivity index (χ0n) is 35.1. The van der Waals surface area contributed by atoms with Gasteiger partial charge < -0.3 is 0 Å². The van der Waals surface area contributed by atoms with Gasteiger partial charge in [0.1, 0.15) is 0 Å². The fraction of sp³-hybridized carbons (Fsp3) is 0.111. The molecular formula is C54H48N4Si2. The molecule has 0 spiro atoms. The van der Waals surface area contributed by atoms with Gasteiger partial charge in [-0.3, -0.25) is 0 Å². The van der Waals surface area contributed by atoms with Crippen molar-refractivity contribution < 1.29 is 0 Å². The highest BCUT2D eigenvalue weighted by Gasteiger charge is 2.19. The van der Waals surface area contributed by atoms with E-state index >= 15 is 0 Å². The molecule has 0 aliphatic carbocycles. The Bertz CT molecular complexity index is 2880. The third-order valence-electron chi connectivity index (χ3n) is 11.3. The van der Waals surface area contributed by atoms with Crippen LogP contribution in [0.4, 0.5) is 0 Å². The predicted molar refractivity (Wildman–Crippen MR) is 259 cm³/mol. The lowest BCUT2D eigenvalue weighted by atomic mass is 10.0. The maximum Gasteiger partial charge on any atom is 0.164 e. The van der Waals surface area contributed by atoms with Crippen LogP contribution in [0.3, 0.4) is 0 Å². The SMILES string of the molecule is C[Si](C)(C)c1ccc(-c2cccc(-c3nc(-c4cccc(-c5ccc([Si](C)(C)C)cc5)c4)nc(-c4cccc(-c5cccc(-c6ccc7ccccc7c6)n5)c4)n3)c2)cc1. The highest BCUT2D eigenvalue weighted by atomic mass is 28.3. The fourth-order valence-electron chi connectivity index (χ4n) is 7.69. The quantitative estimate of drug-likeness (QED) is 0.136. The number of aromatic nitrogens is 4. The van der Waals surface area contributed by atoms with Crippen LogP contribution in [0.2, 0.25) is 39.3 Å². The second-order valence-electron chi connectivity index (χ2n) is 17.7. The van der Waals surface area contributed by atoms with Crippen LogP contribution >= 0.6 is 0 Å².